The summed E-state index contributed by atoms with van der Waals surface area (Å²) in [4.78, 5) is 4.52. The van der Waals surface area contributed by atoms with Crippen LogP contribution in [0.15, 0.2) is 42.5 Å². The monoisotopic (exact) mass is 286 g/mol. The normalized spacial score (nSPS) is 10.2. The van der Waals surface area contributed by atoms with Gasteiger partial charge in [-0.2, -0.15) is 0 Å². The van der Waals surface area contributed by atoms with Gasteiger partial charge in [-0.15, -0.1) is 0 Å². The Morgan fingerprint density at radius 1 is 1.20 bits per heavy atom. The van der Waals surface area contributed by atoms with Crippen molar-refractivity contribution in [1.82, 2.24) is 4.98 Å². The van der Waals surface area contributed by atoms with Crippen molar-refractivity contribution in [2.24, 2.45) is 5.73 Å². The molecule has 0 amide bonds. The van der Waals surface area contributed by atoms with Crippen LogP contribution in [0.4, 0.5) is 0 Å². The Morgan fingerprint density at radius 2 is 1.95 bits per heavy atom. The first kappa shape index (κ1) is 14.5. The average molecular weight is 286 g/mol. The number of thiocarbonyl (C=S) groups is 1. The Kier molecular flexibility index (Phi) is 5.07. The molecule has 0 saturated carbocycles. The molecule has 3 nitrogen and oxygen atoms in total. The second kappa shape index (κ2) is 7.01. The van der Waals surface area contributed by atoms with Gasteiger partial charge in [0, 0.05) is 6.07 Å². The molecule has 0 aliphatic rings. The molecule has 0 saturated heterocycles. The molecule has 0 unspecified atom stereocenters. The maximum atomic E-state index is 5.70. The molecule has 0 radical (unpaired) electrons. The summed E-state index contributed by atoms with van der Waals surface area (Å²) in [5.41, 5.74) is 7.45. The Balaban J connectivity index is 2.06. The van der Waals surface area contributed by atoms with Crippen molar-refractivity contribution < 1.29 is 4.74 Å². The fraction of sp³-hybridized carbons (Fsp3) is 0.250. The standard InChI is InChI=1S/C16H18N2OS/c1-2-3-5-12-8-10-13(11-9-12)19-15-7-4-6-14(18-15)16(17)20/h4,6-11H,2-3,5H2,1H3,(H2,17,20). The summed E-state index contributed by atoms with van der Waals surface area (Å²) in [5.74, 6) is 1.26. The van der Waals surface area contributed by atoms with Crippen molar-refractivity contribution in [2.45, 2.75) is 26.2 Å². The van der Waals surface area contributed by atoms with E-state index in [1.165, 1.54) is 18.4 Å². The lowest BCUT2D eigenvalue weighted by Gasteiger charge is -2.07. The van der Waals surface area contributed by atoms with Crippen molar-refractivity contribution in [3.8, 4) is 11.6 Å². The van der Waals surface area contributed by atoms with Crippen LogP contribution in [-0.4, -0.2) is 9.97 Å². The van der Waals surface area contributed by atoms with Crippen LogP contribution in [0.25, 0.3) is 0 Å². The molecule has 4 heteroatoms. The molecule has 1 heterocycles. The first-order valence-electron chi connectivity index (χ1n) is 6.72. The largest absolute Gasteiger partial charge is 0.439 e. The highest BCUT2D eigenvalue weighted by atomic mass is 32.1. The van der Waals surface area contributed by atoms with Crippen LogP contribution in [0.3, 0.4) is 0 Å². The van der Waals surface area contributed by atoms with Crippen molar-refractivity contribution >= 4 is 17.2 Å². The average Bonchev–Trinajstić information content (AvgIpc) is 2.47. The maximum Gasteiger partial charge on any atom is 0.219 e. The van der Waals surface area contributed by atoms with Gasteiger partial charge in [0.2, 0.25) is 5.88 Å². The first-order chi connectivity index (χ1) is 9.69. The third kappa shape index (κ3) is 4.03. The minimum Gasteiger partial charge on any atom is -0.439 e. The highest BCUT2D eigenvalue weighted by Crippen LogP contribution is 2.20. The van der Waals surface area contributed by atoms with E-state index in [9.17, 15) is 0 Å². The van der Waals surface area contributed by atoms with Gasteiger partial charge < -0.3 is 10.5 Å². The molecule has 20 heavy (non-hydrogen) atoms. The zero-order valence-electron chi connectivity index (χ0n) is 11.5. The van der Waals surface area contributed by atoms with Gasteiger partial charge in [0.1, 0.15) is 16.4 Å². The molecule has 2 rings (SSSR count). The van der Waals surface area contributed by atoms with E-state index in [0.29, 0.717) is 11.6 Å². The van der Waals surface area contributed by atoms with Gasteiger partial charge in [-0.3, -0.25) is 0 Å². The summed E-state index contributed by atoms with van der Waals surface area (Å²) in [6.07, 6.45) is 3.51. The molecule has 2 aromatic rings. The number of pyridine rings is 1. The lowest BCUT2D eigenvalue weighted by molar-refractivity contribution is 0.462. The molecule has 0 aliphatic heterocycles. The Bertz CT molecular complexity index is 581. The number of unbranched alkanes of at least 4 members (excludes halogenated alkanes) is 1. The molecule has 104 valence electrons. The Morgan fingerprint density at radius 3 is 2.60 bits per heavy atom. The molecular formula is C16H18N2OS. The van der Waals surface area contributed by atoms with E-state index >= 15 is 0 Å². The van der Waals surface area contributed by atoms with E-state index in [-0.39, 0.29) is 4.99 Å². The highest BCUT2D eigenvalue weighted by Gasteiger charge is 2.03. The second-order valence-corrected chi connectivity index (χ2v) is 5.01. The van der Waals surface area contributed by atoms with E-state index in [1.54, 1.807) is 12.1 Å². The number of nitrogens with two attached hydrogens (primary N) is 1. The lowest BCUT2D eigenvalue weighted by atomic mass is 10.1. The molecule has 1 aromatic carbocycles. The topological polar surface area (TPSA) is 48.1 Å². The number of nitrogens with zero attached hydrogens (tertiary/aromatic N) is 1. The van der Waals surface area contributed by atoms with Gasteiger partial charge >= 0.3 is 0 Å². The summed E-state index contributed by atoms with van der Waals surface area (Å²) < 4.78 is 5.70. The fourth-order valence-corrected chi connectivity index (χ4v) is 1.95. The van der Waals surface area contributed by atoms with Crippen molar-refractivity contribution in [2.75, 3.05) is 0 Å². The SMILES string of the molecule is CCCCc1ccc(Oc2cccc(C(N)=S)n2)cc1. The number of ether oxygens (including phenoxy) is 1. The number of rotatable bonds is 6. The molecule has 0 fully saturated rings. The van der Waals surface area contributed by atoms with E-state index in [4.69, 9.17) is 22.7 Å². The number of benzene rings is 1. The quantitative estimate of drug-likeness (QED) is 0.819. The predicted molar refractivity (Wildman–Crippen MR) is 85.3 cm³/mol. The van der Waals surface area contributed by atoms with Crippen LogP contribution in [0, 0.1) is 0 Å². The smallest absolute Gasteiger partial charge is 0.219 e. The second-order valence-electron chi connectivity index (χ2n) is 4.57. The summed E-state index contributed by atoms with van der Waals surface area (Å²) in [5, 5.41) is 0. The van der Waals surface area contributed by atoms with Crippen LogP contribution in [0.1, 0.15) is 31.0 Å². The van der Waals surface area contributed by atoms with Gasteiger partial charge in [0.05, 0.1) is 0 Å². The van der Waals surface area contributed by atoms with Gasteiger partial charge in [0.25, 0.3) is 0 Å². The van der Waals surface area contributed by atoms with E-state index in [0.717, 1.165) is 12.2 Å². The minimum atomic E-state index is 0.269. The lowest BCUT2D eigenvalue weighted by Crippen LogP contribution is -2.11. The van der Waals surface area contributed by atoms with Crippen LogP contribution in [0.5, 0.6) is 11.6 Å². The Labute approximate surface area is 124 Å². The van der Waals surface area contributed by atoms with Crippen LogP contribution >= 0.6 is 12.2 Å². The van der Waals surface area contributed by atoms with Crippen LogP contribution in [-0.2, 0) is 6.42 Å². The molecule has 0 aliphatic carbocycles. The van der Waals surface area contributed by atoms with Gasteiger partial charge in [-0.1, -0.05) is 43.8 Å². The summed E-state index contributed by atoms with van der Waals surface area (Å²) in [7, 11) is 0. The van der Waals surface area contributed by atoms with E-state index in [1.807, 2.05) is 18.2 Å². The summed E-state index contributed by atoms with van der Waals surface area (Å²) >= 11 is 4.90. The van der Waals surface area contributed by atoms with E-state index in [2.05, 4.69) is 24.0 Å². The zero-order valence-corrected chi connectivity index (χ0v) is 12.3. The molecular weight excluding hydrogens is 268 g/mol. The minimum absolute atomic E-state index is 0.269. The zero-order chi connectivity index (χ0) is 14.4. The highest BCUT2D eigenvalue weighted by molar-refractivity contribution is 7.80. The van der Waals surface area contributed by atoms with Crippen molar-refractivity contribution in [3.05, 3.63) is 53.7 Å². The first-order valence-corrected chi connectivity index (χ1v) is 7.13. The molecule has 1 aromatic heterocycles. The van der Waals surface area contributed by atoms with Gasteiger partial charge in [-0.05, 0) is 36.6 Å². The number of hydrogen-bond donors (Lipinski definition) is 1. The van der Waals surface area contributed by atoms with Gasteiger partial charge in [-0.25, -0.2) is 4.98 Å². The third-order valence-corrected chi connectivity index (χ3v) is 3.15. The Hall–Kier alpha value is -1.94. The molecule has 2 N–H and O–H groups in total. The van der Waals surface area contributed by atoms with E-state index < -0.39 is 0 Å². The number of aryl methyl sites for hydroxylation is 1. The van der Waals surface area contributed by atoms with Crippen LogP contribution < -0.4 is 10.5 Å². The van der Waals surface area contributed by atoms with Gasteiger partial charge in [0.15, 0.2) is 0 Å². The summed E-state index contributed by atoms with van der Waals surface area (Å²) in [6, 6.07) is 13.5. The number of aromatic nitrogens is 1. The molecule has 0 atom stereocenters. The number of hydrogen-bond acceptors (Lipinski definition) is 3. The third-order valence-electron chi connectivity index (χ3n) is 2.94. The predicted octanol–water partition coefficient (Wildman–Crippen LogP) is 3.85. The summed E-state index contributed by atoms with van der Waals surface area (Å²) in [6.45, 7) is 2.19. The maximum absolute atomic E-state index is 5.70. The van der Waals surface area contributed by atoms with Crippen LogP contribution in [0.2, 0.25) is 0 Å². The van der Waals surface area contributed by atoms with Crippen molar-refractivity contribution in [1.29, 1.82) is 0 Å². The molecule has 0 spiro atoms. The fourth-order valence-electron chi connectivity index (χ4n) is 1.83. The van der Waals surface area contributed by atoms with Crippen molar-refractivity contribution in [3.63, 3.8) is 0 Å². The molecule has 0 bridgehead atoms.